The molecule has 2 amide bonds. The molecule has 132 valence electrons. The second-order valence-corrected chi connectivity index (χ2v) is 6.11. The lowest BCUT2D eigenvalue weighted by molar-refractivity contribution is -0.118. The zero-order valence-corrected chi connectivity index (χ0v) is 14.4. The molecule has 26 heavy (non-hydrogen) atoms. The highest BCUT2D eigenvalue weighted by Gasteiger charge is 2.17. The van der Waals surface area contributed by atoms with E-state index in [1.165, 1.54) is 10.8 Å². The number of hydrogen-bond donors (Lipinski definition) is 2. The van der Waals surface area contributed by atoms with Crippen LogP contribution in [-0.4, -0.2) is 21.4 Å². The molecule has 0 aliphatic carbocycles. The number of pyridine rings is 2. The van der Waals surface area contributed by atoms with Crippen molar-refractivity contribution in [2.75, 3.05) is 5.32 Å². The number of rotatable bonds is 4. The minimum Gasteiger partial charge on any atom is -0.368 e. The first-order valence-electron chi connectivity index (χ1n) is 8.02. The summed E-state index contributed by atoms with van der Waals surface area (Å²) < 4.78 is 1.43. The third-order valence-corrected chi connectivity index (χ3v) is 3.94. The Morgan fingerprint density at radius 2 is 1.81 bits per heavy atom. The Morgan fingerprint density at radius 3 is 2.46 bits per heavy atom. The first-order chi connectivity index (χ1) is 12.3. The number of nitrogens with one attached hydrogen (secondary N) is 1. The number of benzene rings is 1. The van der Waals surface area contributed by atoms with E-state index < -0.39 is 17.2 Å². The fraction of sp³-hybridized carbons (Fsp3) is 0.158. The molecule has 2 heterocycles. The summed E-state index contributed by atoms with van der Waals surface area (Å²) in [5.74, 6) is -1.15. The normalized spacial score (nSPS) is 10.7. The molecule has 0 atom stereocenters. The van der Waals surface area contributed by atoms with Crippen LogP contribution in [0.5, 0.6) is 0 Å². The summed E-state index contributed by atoms with van der Waals surface area (Å²) >= 11 is 0. The van der Waals surface area contributed by atoms with Gasteiger partial charge in [0.1, 0.15) is 17.8 Å². The Bertz CT molecular complexity index is 1070. The number of primary amides is 1. The summed E-state index contributed by atoms with van der Waals surface area (Å²) in [5, 5.41) is 2.95. The van der Waals surface area contributed by atoms with Crippen LogP contribution in [0, 0.1) is 13.8 Å². The van der Waals surface area contributed by atoms with Crippen molar-refractivity contribution in [1.29, 1.82) is 0 Å². The standard InChI is InChI=1S/C19H18N4O3/c1-11-3-6-13(7-4-11)22-19(26)15-9-23(10-16(20)24)18-14(17(15)25)8-5-12(2)21-18/h3-9H,10H2,1-2H3,(H2,20,24)(H,22,26). The molecule has 0 spiro atoms. The monoisotopic (exact) mass is 350 g/mol. The lowest BCUT2D eigenvalue weighted by Crippen LogP contribution is -2.27. The molecular formula is C19H18N4O3. The first-order valence-corrected chi connectivity index (χ1v) is 8.02. The van der Waals surface area contributed by atoms with Crippen LogP contribution < -0.4 is 16.5 Å². The number of carbonyl (C=O) groups excluding carboxylic acids is 2. The van der Waals surface area contributed by atoms with Gasteiger partial charge in [-0.1, -0.05) is 17.7 Å². The van der Waals surface area contributed by atoms with Gasteiger partial charge in [-0.2, -0.15) is 0 Å². The van der Waals surface area contributed by atoms with Crippen molar-refractivity contribution >= 4 is 28.5 Å². The third kappa shape index (κ3) is 3.46. The number of hydrogen-bond acceptors (Lipinski definition) is 4. The van der Waals surface area contributed by atoms with E-state index in [0.29, 0.717) is 17.0 Å². The van der Waals surface area contributed by atoms with Crippen LogP contribution >= 0.6 is 0 Å². The number of aryl methyl sites for hydroxylation is 2. The van der Waals surface area contributed by atoms with E-state index in [9.17, 15) is 14.4 Å². The van der Waals surface area contributed by atoms with E-state index in [1.54, 1.807) is 31.2 Å². The summed E-state index contributed by atoms with van der Waals surface area (Å²) in [5.41, 5.74) is 7.40. The zero-order chi connectivity index (χ0) is 18.8. The molecule has 0 aliphatic heterocycles. The van der Waals surface area contributed by atoms with Gasteiger partial charge >= 0.3 is 0 Å². The lowest BCUT2D eigenvalue weighted by Gasteiger charge is -2.12. The van der Waals surface area contributed by atoms with Crippen LogP contribution in [0.4, 0.5) is 5.69 Å². The summed E-state index contributed by atoms with van der Waals surface area (Å²) in [7, 11) is 0. The lowest BCUT2D eigenvalue weighted by atomic mass is 10.1. The predicted molar refractivity (Wildman–Crippen MR) is 99.1 cm³/mol. The Balaban J connectivity index is 2.10. The SMILES string of the molecule is Cc1ccc(NC(=O)c2cn(CC(N)=O)c3nc(C)ccc3c2=O)cc1. The average Bonchev–Trinajstić information content (AvgIpc) is 2.59. The Labute approximate surface area is 149 Å². The predicted octanol–water partition coefficient (Wildman–Crippen LogP) is 1.75. The van der Waals surface area contributed by atoms with E-state index in [-0.39, 0.29) is 17.5 Å². The van der Waals surface area contributed by atoms with Crippen LogP contribution in [0.2, 0.25) is 0 Å². The molecule has 0 radical (unpaired) electrons. The minimum absolute atomic E-state index is 0.0787. The number of anilines is 1. The van der Waals surface area contributed by atoms with E-state index in [1.807, 2.05) is 19.1 Å². The topological polar surface area (TPSA) is 107 Å². The van der Waals surface area contributed by atoms with E-state index in [4.69, 9.17) is 5.73 Å². The molecule has 2 aromatic heterocycles. The van der Waals surface area contributed by atoms with Crippen molar-refractivity contribution in [3.8, 4) is 0 Å². The fourth-order valence-electron chi connectivity index (χ4n) is 2.65. The molecule has 3 rings (SSSR count). The number of fused-ring (bicyclic) bond motifs is 1. The van der Waals surface area contributed by atoms with Gasteiger partial charge in [-0.15, -0.1) is 0 Å². The molecule has 1 aromatic carbocycles. The molecular weight excluding hydrogens is 332 g/mol. The quantitative estimate of drug-likeness (QED) is 0.747. The summed E-state index contributed by atoms with van der Waals surface area (Å²) in [6.45, 7) is 3.53. The van der Waals surface area contributed by atoms with Gasteiger partial charge < -0.3 is 15.6 Å². The van der Waals surface area contributed by atoms with Crippen LogP contribution in [0.15, 0.2) is 47.4 Å². The Kier molecular flexibility index (Phi) is 4.53. The number of nitrogens with two attached hydrogens (primary N) is 1. The number of amides is 2. The van der Waals surface area contributed by atoms with Gasteiger partial charge in [0.25, 0.3) is 5.91 Å². The molecule has 3 aromatic rings. The largest absolute Gasteiger partial charge is 0.368 e. The molecule has 0 aliphatic rings. The Hall–Kier alpha value is -3.48. The van der Waals surface area contributed by atoms with Gasteiger partial charge in [0, 0.05) is 17.6 Å². The van der Waals surface area contributed by atoms with Gasteiger partial charge in [-0.05, 0) is 38.1 Å². The second-order valence-electron chi connectivity index (χ2n) is 6.11. The molecule has 7 heteroatoms. The molecule has 0 bridgehead atoms. The smallest absolute Gasteiger partial charge is 0.261 e. The van der Waals surface area contributed by atoms with Crippen molar-refractivity contribution in [2.24, 2.45) is 5.73 Å². The van der Waals surface area contributed by atoms with E-state index in [2.05, 4.69) is 10.3 Å². The van der Waals surface area contributed by atoms with Gasteiger partial charge in [0.05, 0.1) is 5.39 Å². The van der Waals surface area contributed by atoms with Crippen LogP contribution in [0.1, 0.15) is 21.6 Å². The van der Waals surface area contributed by atoms with Crippen LogP contribution in [-0.2, 0) is 11.3 Å². The summed E-state index contributed by atoms with van der Waals surface area (Å²) in [6.07, 6.45) is 1.32. The molecule has 0 unspecified atom stereocenters. The minimum atomic E-state index is -0.594. The third-order valence-electron chi connectivity index (χ3n) is 3.94. The van der Waals surface area contributed by atoms with Gasteiger partial charge in [-0.3, -0.25) is 14.4 Å². The molecule has 7 nitrogen and oxygen atoms in total. The number of aromatic nitrogens is 2. The number of nitrogens with zero attached hydrogens (tertiary/aromatic N) is 2. The van der Waals surface area contributed by atoms with Crippen LogP contribution in [0.3, 0.4) is 0 Å². The molecule has 0 saturated carbocycles. The average molecular weight is 350 g/mol. The maximum absolute atomic E-state index is 12.7. The number of carbonyl (C=O) groups is 2. The van der Waals surface area contributed by atoms with E-state index in [0.717, 1.165) is 5.56 Å². The van der Waals surface area contributed by atoms with Crippen molar-refractivity contribution < 1.29 is 9.59 Å². The summed E-state index contributed by atoms with van der Waals surface area (Å²) in [6, 6.07) is 10.5. The van der Waals surface area contributed by atoms with Gasteiger partial charge in [0.15, 0.2) is 0 Å². The van der Waals surface area contributed by atoms with Gasteiger partial charge in [-0.25, -0.2) is 4.98 Å². The highest BCUT2D eigenvalue weighted by molar-refractivity contribution is 6.05. The first kappa shape index (κ1) is 17.3. The molecule has 0 saturated heterocycles. The van der Waals surface area contributed by atoms with Crippen molar-refractivity contribution in [3.05, 3.63) is 69.6 Å². The second kappa shape index (κ2) is 6.79. The highest BCUT2D eigenvalue weighted by Crippen LogP contribution is 2.13. The van der Waals surface area contributed by atoms with Crippen LogP contribution in [0.25, 0.3) is 11.0 Å². The van der Waals surface area contributed by atoms with Crippen molar-refractivity contribution in [3.63, 3.8) is 0 Å². The highest BCUT2D eigenvalue weighted by atomic mass is 16.2. The molecule has 3 N–H and O–H groups in total. The summed E-state index contributed by atoms with van der Waals surface area (Å²) in [4.78, 5) is 41.0. The van der Waals surface area contributed by atoms with Crippen molar-refractivity contribution in [2.45, 2.75) is 20.4 Å². The zero-order valence-electron chi connectivity index (χ0n) is 14.4. The maximum atomic E-state index is 12.7. The van der Waals surface area contributed by atoms with Gasteiger partial charge in [0.2, 0.25) is 11.3 Å². The fourth-order valence-corrected chi connectivity index (χ4v) is 2.65. The maximum Gasteiger partial charge on any atom is 0.261 e. The Morgan fingerprint density at radius 1 is 1.12 bits per heavy atom. The van der Waals surface area contributed by atoms with Crippen molar-refractivity contribution in [1.82, 2.24) is 9.55 Å². The van der Waals surface area contributed by atoms with E-state index >= 15 is 0 Å². The molecule has 0 fully saturated rings.